The molecule has 2 aromatic carbocycles. The number of nitrogens with one attached hydrogen (secondary N) is 1. The highest BCUT2D eigenvalue weighted by atomic mass is 79.9. The van der Waals surface area contributed by atoms with E-state index in [2.05, 4.69) is 15.9 Å². The first kappa shape index (κ1) is 17.8. The number of benzene rings is 2. The molecule has 3 rings (SSSR count). The molecule has 1 N–H and O–H groups in total. The van der Waals surface area contributed by atoms with Crippen LogP contribution >= 0.6 is 15.9 Å². The Bertz CT molecular complexity index is 723. The van der Waals surface area contributed by atoms with E-state index in [1.165, 1.54) is 4.90 Å². The van der Waals surface area contributed by atoms with Gasteiger partial charge in [0.2, 0.25) is 0 Å². The van der Waals surface area contributed by atoms with Crippen molar-refractivity contribution in [3.8, 4) is 0 Å². The van der Waals surface area contributed by atoms with Gasteiger partial charge in [-0.3, -0.25) is 9.59 Å². The topological polar surface area (TPSA) is 41.8 Å². The minimum absolute atomic E-state index is 0.102. The molecule has 0 saturated carbocycles. The van der Waals surface area contributed by atoms with Crippen LogP contribution in [0.1, 0.15) is 27.1 Å². The van der Waals surface area contributed by atoms with Gasteiger partial charge in [0.25, 0.3) is 5.91 Å². The second kappa shape index (κ2) is 8.41. The first-order chi connectivity index (χ1) is 12.1. The molecule has 0 aromatic heterocycles. The van der Waals surface area contributed by atoms with Crippen LogP contribution in [0, 0.1) is 0 Å². The average molecular weight is 402 g/mol. The molecule has 1 saturated heterocycles. The smallest absolute Gasteiger partial charge is 0.254 e. The van der Waals surface area contributed by atoms with Crippen molar-refractivity contribution in [1.82, 2.24) is 4.90 Å². The van der Waals surface area contributed by atoms with Crippen LogP contribution in [0.5, 0.6) is 0 Å². The van der Waals surface area contributed by atoms with Gasteiger partial charge in [0, 0.05) is 15.6 Å². The zero-order valence-electron chi connectivity index (χ0n) is 14.1. The number of rotatable bonds is 5. The lowest BCUT2D eigenvalue weighted by Gasteiger charge is -2.32. The highest BCUT2D eigenvalue weighted by Crippen LogP contribution is 2.11. The van der Waals surface area contributed by atoms with Crippen LogP contribution in [0.25, 0.3) is 0 Å². The van der Waals surface area contributed by atoms with Gasteiger partial charge in [-0.25, -0.2) is 0 Å². The highest BCUT2D eigenvalue weighted by molar-refractivity contribution is 9.10. The molecule has 0 spiro atoms. The number of amides is 1. The van der Waals surface area contributed by atoms with E-state index in [4.69, 9.17) is 0 Å². The summed E-state index contributed by atoms with van der Waals surface area (Å²) in [6.07, 6.45) is 0.545. The van der Waals surface area contributed by atoms with Crippen molar-refractivity contribution in [3.05, 3.63) is 70.2 Å². The molecule has 1 aliphatic rings. The fourth-order valence-corrected chi connectivity index (χ4v) is 3.37. The Kier molecular flexibility index (Phi) is 6.00. The number of nitrogens with zero attached hydrogens (tertiary/aromatic N) is 1. The first-order valence-corrected chi connectivity index (χ1v) is 9.39. The minimum Gasteiger partial charge on any atom is -0.332 e. The molecule has 0 unspecified atom stereocenters. The SMILES string of the molecule is O=C(CC[NH+]1CCN(C(=O)c2ccccc2)CC1)c1ccc(Br)cc1. The van der Waals surface area contributed by atoms with E-state index in [1.54, 1.807) is 0 Å². The van der Waals surface area contributed by atoms with Gasteiger partial charge in [0.15, 0.2) is 5.78 Å². The Morgan fingerprint density at radius 3 is 2.20 bits per heavy atom. The van der Waals surface area contributed by atoms with Gasteiger partial charge in [-0.05, 0) is 24.3 Å². The molecule has 0 atom stereocenters. The zero-order chi connectivity index (χ0) is 17.6. The summed E-state index contributed by atoms with van der Waals surface area (Å²) in [6, 6.07) is 16.9. The Labute approximate surface area is 156 Å². The lowest BCUT2D eigenvalue weighted by molar-refractivity contribution is -0.903. The molecule has 1 aliphatic heterocycles. The minimum atomic E-state index is 0.102. The van der Waals surface area contributed by atoms with Crippen molar-refractivity contribution < 1.29 is 14.5 Å². The van der Waals surface area contributed by atoms with Gasteiger partial charge in [-0.15, -0.1) is 0 Å². The molecule has 1 fully saturated rings. The number of halogens is 1. The monoisotopic (exact) mass is 401 g/mol. The van der Waals surface area contributed by atoms with Crippen LogP contribution in [0.3, 0.4) is 0 Å². The Balaban J connectivity index is 1.45. The van der Waals surface area contributed by atoms with E-state index in [0.29, 0.717) is 6.42 Å². The van der Waals surface area contributed by atoms with Gasteiger partial charge < -0.3 is 9.80 Å². The van der Waals surface area contributed by atoms with Crippen LogP contribution in [0.15, 0.2) is 59.1 Å². The van der Waals surface area contributed by atoms with Gasteiger partial charge >= 0.3 is 0 Å². The normalized spacial score (nSPS) is 15.2. The molecule has 4 nitrogen and oxygen atoms in total. The third-order valence-electron chi connectivity index (χ3n) is 4.65. The summed E-state index contributed by atoms with van der Waals surface area (Å²) in [5.41, 5.74) is 1.51. The number of Topliss-reactive ketones (excluding diaryl/α,β-unsaturated/α-hetero) is 1. The molecule has 0 aliphatic carbocycles. The zero-order valence-corrected chi connectivity index (χ0v) is 15.7. The summed E-state index contributed by atoms with van der Waals surface area (Å²) < 4.78 is 0.980. The third kappa shape index (κ3) is 4.77. The number of piperazine rings is 1. The average Bonchev–Trinajstić information content (AvgIpc) is 2.67. The first-order valence-electron chi connectivity index (χ1n) is 8.60. The fraction of sp³-hybridized carbons (Fsp3) is 0.300. The summed E-state index contributed by atoms with van der Waals surface area (Å²) >= 11 is 3.38. The number of hydrogen-bond acceptors (Lipinski definition) is 2. The molecule has 1 heterocycles. The van der Waals surface area contributed by atoms with Gasteiger partial charge in [0.05, 0.1) is 39.1 Å². The fourth-order valence-electron chi connectivity index (χ4n) is 3.11. The van der Waals surface area contributed by atoms with Crippen molar-refractivity contribution in [2.45, 2.75) is 6.42 Å². The van der Waals surface area contributed by atoms with Crippen LogP contribution in [0.2, 0.25) is 0 Å². The molecule has 2 aromatic rings. The lowest BCUT2D eigenvalue weighted by Crippen LogP contribution is -3.14. The molecular formula is C20H22BrN2O2+. The summed E-state index contributed by atoms with van der Waals surface area (Å²) in [7, 11) is 0. The van der Waals surface area contributed by atoms with E-state index in [-0.39, 0.29) is 11.7 Å². The van der Waals surface area contributed by atoms with Crippen LogP contribution in [-0.4, -0.2) is 49.3 Å². The van der Waals surface area contributed by atoms with Crippen molar-refractivity contribution in [3.63, 3.8) is 0 Å². The van der Waals surface area contributed by atoms with Crippen LogP contribution in [-0.2, 0) is 0 Å². The largest absolute Gasteiger partial charge is 0.332 e. The highest BCUT2D eigenvalue weighted by Gasteiger charge is 2.24. The van der Waals surface area contributed by atoms with E-state index in [1.807, 2.05) is 59.5 Å². The Hall–Kier alpha value is -1.98. The summed E-state index contributed by atoms with van der Waals surface area (Å²) in [5, 5.41) is 0. The van der Waals surface area contributed by atoms with E-state index in [0.717, 1.165) is 48.3 Å². The number of hydrogen-bond donors (Lipinski definition) is 1. The second-order valence-corrected chi connectivity index (χ2v) is 7.25. The van der Waals surface area contributed by atoms with Crippen LogP contribution < -0.4 is 4.90 Å². The Morgan fingerprint density at radius 1 is 0.920 bits per heavy atom. The van der Waals surface area contributed by atoms with E-state index >= 15 is 0 Å². The predicted molar refractivity (Wildman–Crippen MR) is 101 cm³/mol. The maximum Gasteiger partial charge on any atom is 0.254 e. The lowest BCUT2D eigenvalue weighted by atomic mass is 10.1. The molecule has 130 valence electrons. The van der Waals surface area contributed by atoms with Gasteiger partial charge in [-0.2, -0.15) is 0 Å². The number of ketones is 1. The maximum absolute atomic E-state index is 12.4. The molecule has 0 radical (unpaired) electrons. The Morgan fingerprint density at radius 2 is 1.56 bits per heavy atom. The van der Waals surface area contributed by atoms with E-state index < -0.39 is 0 Å². The predicted octanol–water partition coefficient (Wildman–Crippen LogP) is 2.06. The molecule has 5 heteroatoms. The standard InChI is InChI=1S/C20H21BrN2O2/c21-18-8-6-16(7-9-18)19(24)10-11-22-12-14-23(15-13-22)20(25)17-4-2-1-3-5-17/h1-9H,10-15H2/p+1. The molecule has 0 bridgehead atoms. The van der Waals surface area contributed by atoms with Crippen molar-refractivity contribution in [2.24, 2.45) is 0 Å². The number of carbonyl (C=O) groups is 2. The quantitative estimate of drug-likeness (QED) is 0.779. The van der Waals surface area contributed by atoms with Gasteiger partial charge in [0.1, 0.15) is 0 Å². The number of carbonyl (C=O) groups excluding carboxylic acids is 2. The van der Waals surface area contributed by atoms with Gasteiger partial charge in [-0.1, -0.05) is 46.3 Å². The van der Waals surface area contributed by atoms with Crippen molar-refractivity contribution in [2.75, 3.05) is 32.7 Å². The van der Waals surface area contributed by atoms with E-state index in [9.17, 15) is 9.59 Å². The summed E-state index contributed by atoms with van der Waals surface area (Å²) in [5.74, 6) is 0.286. The summed E-state index contributed by atoms with van der Waals surface area (Å²) in [4.78, 5) is 28.0. The number of quaternary nitrogens is 1. The molecule has 25 heavy (non-hydrogen) atoms. The maximum atomic E-state index is 12.4. The summed E-state index contributed by atoms with van der Waals surface area (Å²) in [6.45, 7) is 4.10. The molecular weight excluding hydrogens is 380 g/mol. The van der Waals surface area contributed by atoms with Crippen molar-refractivity contribution >= 4 is 27.6 Å². The third-order valence-corrected chi connectivity index (χ3v) is 5.18. The molecule has 1 amide bonds. The van der Waals surface area contributed by atoms with Crippen LogP contribution in [0.4, 0.5) is 0 Å². The second-order valence-electron chi connectivity index (χ2n) is 6.34. The van der Waals surface area contributed by atoms with Crippen molar-refractivity contribution in [1.29, 1.82) is 0 Å².